The number of carbonyl (C=O) groups is 2. The summed E-state index contributed by atoms with van der Waals surface area (Å²) in [5.74, 6) is 2.19. The van der Waals surface area contributed by atoms with E-state index < -0.39 is 6.04 Å². The SMILES string of the molecule is COc1ccc([C@@H]2CC2CCCCC[C@H](NC(=O)c2ccc(-c3ccccc3)cc2)C(=O)N2CCN(C)CC2)cc1. The molecule has 3 aromatic rings. The van der Waals surface area contributed by atoms with Crippen LogP contribution in [0, 0.1) is 5.92 Å². The molecule has 1 aliphatic carbocycles. The molecule has 0 bridgehead atoms. The lowest BCUT2D eigenvalue weighted by Crippen LogP contribution is -2.54. The zero-order chi connectivity index (χ0) is 28.6. The van der Waals surface area contributed by atoms with E-state index in [4.69, 9.17) is 4.74 Å². The molecule has 1 saturated carbocycles. The number of methoxy groups -OCH3 is 1. The van der Waals surface area contributed by atoms with Gasteiger partial charge >= 0.3 is 0 Å². The predicted octanol–water partition coefficient (Wildman–Crippen LogP) is 5.99. The van der Waals surface area contributed by atoms with E-state index in [9.17, 15) is 9.59 Å². The summed E-state index contributed by atoms with van der Waals surface area (Å²) in [5.41, 5.74) is 4.17. The van der Waals surface area contributed by atoms with Crippen LogP contribution in [0.1, 0.15) is 60.4 Å². The fourth-order valence-electron chi connectivity index (χ4n) is 5.95. The first-order chi connectivity index (χ1) is 20.0. The molecule has 1 aliphatic heterocycles. The quantitative estimate of drug-likeness (QED) is 0.280. The van der Waals surface area contributed by atoms with Crippen molar-refractivity contribution in [3.8, 4) is 16.9 Å². The van der Waals surface area contributed by atoms with Gasteiger partial charge in [0.25, 0.3) is 5.91 Å². The Hall–Kier alpha value is -3.64. The normalized spacial score (nSPS) is 19.4. The average molecular weight is 554 g/mol. The summed E-state index contributed by atoms with van der Waals surface area (Å²) < 4.78 is 5.28. The van der Waals surface area contributed by atoms with Crippen molar-refractivity contribution in [3.63, 3.8) is 0 Å². The van der Waals surface area contributed by atoms with E-state index in [1.165, 1.54) is 18.4 Å². The second-order valence-electron chi connectivity index (χ2n) is 11.6. The summed E-state index contributed by atoms with van der Waals surface area (Å²) in [6.45, 7) is 3.15. The van der Waals surface area contributed by atoms with E-state index in [0.29, 0.717) is 31.0 Å². The van der Waals surface area contributed by atoms with Gasteiger partial charge in [0.05, 0.1) is 7.11 Å². The first kappa shape index (κ1) is 28.9. The molecule has 0 spiro atoms. The number of ether oxygens (including phenoxy) is 1. The third-order valence-corrected chi connectivity index (χ3v) is 8.71. The van der Waals surface area contributed by atoms with E-state index in [2.05, 4.69) is 41.5 Å². The van der Waals surface area contributed by atoms with Gasteiger partial charge < -0.3 is 19.9 Å². The summed E-state index contributed by atoms with van der Waals surface area (Å²) in [5, 5.41) is 3.10. The molecule has 1 N–H and O–H groups in total. The van der Waals surface area contributed by atoms with Crippen LogP contribution in [0.5, 0.6) is 5.75 Å². The van der Waals surface area contributed by atoms with Gasteiger partial charge in [-0.3, -0.25) is 9.59 Å². The molecular weight excluding hydrogens is 510 g/mol. The highest BCUT2D eigenvalue weighted by Gasteiger charge is 2.37. The molecule has 1 unspecified atom stereocenters. The molecule has 6 nitrogen and oxygen atoms in total. The summed E-state index contributed by atoms with van der Waals surface area (Å²) in [7, 11) is 3.78. The number of piperazine rings is 1. The Morgan fingerprint density at radius 1 is 0.854 bits per heavy atom. The van der Waals surface area contributed by atoms with Gasteiger partial charge in [0.2, 0.25) is 5.91 Å². The molecule has 5 rings (SSSR count). The maximum atomic E-state index is 13.5. The van der Waals surface area contributed by atoms with Crippen LogP contribution in [-0.2, 0) is 4.79 Å². The predicted molar refractivity (Wildman–Crippen MR) is 164 cm³/mol. The molecule has 2 amide bonds. The number of hydrogen-bond acceptors (Lipinski definition) is 4. The number of hydrogen-bond donors (Lipinski definition) is 1. The highest BCUT2D eigenvalue weighted by atomic mass is 16.5. The average Bonchev–Trinajstić information content (AvgIpc) is 3.80. The zero-order valence-corrected chi connectivity index (χ0v) is 24.4. The minimum absolute atomic E-state index is 0.0501. The molecule has 2 fully saturated rings. The van der Waals surface area contributed by atoms with E-state index in [-0.39, 0.29) is 11.8 Å². The Kier molecular flexibility index (Phi) is 9.73. The van der Waals surface area contributed by atoms with Crippen LogP contribution in [0.4, 0.5) is 0 Å². The number of nitrogens with zero attached hydrogens (tertiary/aromatic N) is 2. The Morgan fingerprint density at radius 3 is 2.22 bits per heavy atom. The van der Waals surface area contributed by atoms with Crippen molar-refractivity contribution in [3.05, 3.63) is 90.0 Å². The van der Waals surface area contributed by atoms with E-state index in [1.807, 2.05) is 59.5 Å². The lowest BCUT2D eigenvalue weighted by atomic mass is 10.0. The monoisotopic (exact) mass is 553 g/mol. The second-order valence-corrected chi connectivity index (χ2v) is 11.6. The van der Waals surface area contributed by atoms with Gasteiger partial charge in [-0.05, 0) is 79.1 Å². The van der Waals surface area contributed by atoms with Gasteiger partial charge in [-0.2, -0.15) is 0 Å². The van der Waals surface area contributed by atoms with E-state index in [1.54, 1.807) is 7.11 Å². The first-order valence-corrected chi connectivity index (χ1v) is 15.1. The molecule has 2 aliphatic rings. The molecule has 6 heteroatoms. The van der Waals surface area contributed by atoms with Crippen LogP contribution in [0.25, 0.3) is 11.1 Å². The van der Waals surface area contributed by atoms with E-state index >= 15 is 0 Å². The summed E-state index contributed by atoms with van der Waals surface area (Å²) in [6, 6.07) is 25.8. The van der Waals surface area contributed by atoms with Gasteiger partial charge in [-0.1, -0.05) is 73.9 Å². The molecule has 1 heterocycles. The third-order valence-electron chi connectivity index (χ3n) is 8.71. The molecule has 3 aromatic carbocycles. The Bertz CT molecular complexity index is 1270. The Balaban J connectivity index is 1.13. The van der Waals surface area contributed by atoms with Gasteiger partial charge in [0.15, 0.2) is 0 Å². The number of likely N-dealkylation sites (N-methyl/N-ethyl adjacent to an activating group) is 1. The van der Waals surface area contributed by atoms with Gasteiger partial charge in [0, 0.05) is 31.7 Å². The topological polar surface area (TPSA) is 61.9 Å². The largest absolute Gasteiger partial charge is 0.497 e. The maximum absolute atomic E-state index is 13.5. The van der Waals surface area contributed by atoms with Crippen molar-refractivity contribution < 1.29 is 14.3 Å². The fraction of sp³-hybridized carbons (Fsp3) is 0.429. The van der Waals surface area contributed by atoms with Crippen molar-refractivity contribution in [2.24, 2.45) is 5.92 Å². The lowest BCUT2D eigenvalue weighted by Gasteiger charge is -2.34. The molecule has 1 saturated heterocycles. The molecule has 0 aromatic heterocycles. The van der Waals surface area contributed by atoms with Gasteiger partial charge in [-0.15, -0.1) is 0 Å². The Labute approximate surface area is 244 Å². The van der Waals surface area contributed by atoms with Crippen molar-refractivity contribution in [2.75, 3.05) is 40.3 Å². The number of unbranched alkanes of at least 4 members (excludes halogenated alkanes) is 2. The number of rotatable bonds is 12. The third kappa shape index (κ3) is 7.76. The highest BCUT2D eigenvalue weighted by molar-refractivity contribution is 5.98. The van der Waals surface area contributed by atoms with Crippen LogP contribution in [0.3, 0.4) is 0 Å². The summed E-state index contributed by atoms with van der Waals surface area (Å²) in [6.07, 6.45) is 6.30. The number of amides is 2. The van der Waals surface area contributed by atoms with Crippen LogP contribution in [-0.4, -0.2) is 68.0 Å². The van der Waals surface area contributed by atoms with Crippen LogP contribution < -0.4 is 10.1 Å². The number of carbonyl (C=O) groups excluding carboxylic acids is 2. The second kappa shape index (κ2) is 13.8. The highest BCUT2D eigenvalue weighted by Crippen LogP contribution is 2.50. The van der Waals surface area contributed by atoms with Gasteiger partial charge in [-0.25, -0.2) is 0 Å². The minimum Gasteiger partial charge on any atom is -0.497 e. The molecular formula is C35H43N3O3. The number of benzene rings is 3. The van der Waals surface area contributed by atoms with Crippen molar-refractivity contribution in [1.82, 2.24) is 15.1 Å². The lowest BCUT2D eigenvalue weighted by molar-refractivity contribution is -0.135. The van der Waals surface area contributed by atoms with Gasteiger partial charge in [0.1, 0.15) is 11.8 Å². The maximum Gasteiger partial charge on any atom is 0.251 e. The molecule has 41 heavy (non-hydrogen) atoms. The van der Waals surface area contributed by atoms with Crippen LogP contribution >= 0.6 is 0 Å². The molecule has 216 valence electrons. The summed E-state index contributed by atoms with van der Waals surface area (Å²) in [4.78, 5) is 30.9. The first-order valence-electron chi connectivity index (χ1n) is 15.1. The van der Waals surface area contributed by atoms with E-state index in [0.717, 1.165) is 55.1 Å². The molecule has 3 atom stereocenters. The minimum atomic E-state index is -0.493. The van der Waals surface area contributed by atoms with Crippen LogP contribution in [0.15, 0.2) is 78.9 Å². The molecule has 0 radical (unpaired) electrons. The number of nitrogens with one attached hydrogen (secondary N) is 1. The van der Waals surface area contributed by atoms with Crippen molar-refractivity contribution in [2.45, 2.75) is 50.5 Å². The standard InChI is InChI=1S/C35H43N3O3/c1-37-21-23-38(24-22-37)35(40)33(36-34(39)29-15-13-27(14-16-29)26-9-5-3-6-10-26)12-8-4-7-11-30-25-32(30)28-17-19-31(41-2)20-18-28/h3,5-6,9-10,13-20,30,32-33H,4,7-8,11-12,21-25H2,1-2H3,(H,36,39)/t30?,32-,33-/m0/s1. The smallest absolute Gasteiger partial charge is 0.251 e. The Morgan fingerprint density at radius 2 is 1.54 bits per heavy atom. The fourth-order valence-corrected chi connectivity index (χ4v) is 5.95. The van der Waals surface area contributed by atoms with Crippen LogP contribution in [0.2, 0.25) is 0 Å². The zero-order valence-electron chi connectivity index (χ0n) is 24.4. The van der Waals surface area contributed by atoms with Crippen molar-refractivity contribution >= 4 is 11.8 Å². The summed E-state index contributed by atoms with van der Waals surface area (Å²) >= 11 is 0. The van der Waals surface area contributed by atoms with Crippen molar-refractivity contribution in [1.29, 1.82) is 0 Å².